The fraction of sp³-hybridized carbons (Fsp3) is 0.429. The van der Waals surface area contributed by atoms with Gasteiger partial charge in [0, 0.05) is 19.4 Å². The van der Waals surface area contributed by atoms with Crippen LogP contribution < -0.4 is 0 Å². The predicted octanol–water partition coefficient (Wildman–Crippen LogP) is 2.88. The molecule has 0 amide bonds. The second kappa shape index (κ2) is 6.09. The fourth-order valence-electron chi connectivity index (χ4n) is 0.624. The van der Waals surface area contributed by atoms with Crippen molar-refractivity contribution >= 4 is 7.37 Å². The minimum Gasteiger partial charge on any atom is -0.331 e. The Balaban J connectivity index is 4.14. The second-order valence-corrected chi connectivity index (χ2v) is 4.81. The first-order valence-corrected chi connectivity index (χ1v) is 5.32. The van der Waals surface area contributed by atoms with E-state index in [0.29, 0.717) is 12.7 Å². The summed E-state index contributed by atoms with van der Waals surface area (Å²) in [5.74, 6) is 0. The minimum absolute atomic E-state index is 0.00958. The SMILES string of the molecule is COP(=O)(CC=CF)CC=CF. The van der Waals surface area contributed by atoms with Crippen LogP contribution in [0.5, 0.6) is 0 Å². The molecule has 0 heterocycles. The predicted molar refractivity (Wildman–Crippen MR) is 44.8 cm³/mol. The first-order chi connectivity index (χ1) is 5.68. The Morgan fingerprint density at radius 2 is 1.67 bits per heavy atom. The van der Waals surface area contributed by atoms with Crippen molar-refractivity contribution in [3.8, 4) is 0 Å². The maximum absolute atomic E-state index is 11.5. The van der Waals surface area contributed by atoms with E-state index in [1.807, 2.05) is 0 Å². The number of allylic oxidation sites excluding steroid dienone is 2. The van der Waals surface area contributed by atoms with Gasteiger partial charge in [-0.3, -0.25) is 4.57 Å². The van der Waals surface area contributed by atoms with E-state index in [1.165, 1.54) is 7.11 Å². The molecule has 70 valence electrons. The quantitative estimate of drug-likeness (QED) is 0.632. The van der Waals surface area contributed by atoms with E-state index in [0.717, 1.165) is 12.2 Å². The summed E-state index contributed by atoms with van der Waals surface area (Å²) in [4.78, 5) is 0. The third kappa shape index (κ3) is 4.42. The summed E-state index contributed by atoms with van der Waals surface area (Å²) in [5.41, 5.74) is 0. The van der Waals surface area contributed by atoms with Crippen LogP contribution in [0.25, 0.3) is 0 Å². The first kappa shape index (κ1) is 11.5. The van der Waals surface area contributed by atoms with Gasteiger partial charge in [-0.2, -0.15) is 0 Å². The third-order valence-electron chi connectivity index (χ3n) is 1.28. The van der Waals surface area contributed by atoms with Gasteiger partial charge in [0.1, 0.15) is 0 Å². The van der Waals surface area contributed by atoms with E-state index in [9.17, 15) is 13.3 Å². The van der Waals surface area contributed by atoms with Gasteiger partial charge >= 0.3 is 0 Å². The molecular formula is C7H11F2O2P. The summed E-state index contributed by atoms with van der Waals surface area (Å²) < 4.78 is 39.2. The Morgan fingerprint density at radius 1 is 1.25 bits per heavy atom. The van der Waals surface area contributed by atoms with Crippen molar-refractivity contribution in [3.05, 3.63) is 24.8 Å². The normalized spacial score (nSPS) is 17.2. The Bertz CT molecular complexity index is 195. The highest BCUT2D eigenvalue weighted by Gasteiger charge is 2.17. The van der Waals surface area contributed by atoms with Gasteiger partial charge in [0.25, 0.3) is 0 Å². The Kier molecular flexibility index (Phi) is 5.85. The minimum atomic E-state index is -2.89. The topological polar surface area (TPSA) is 26.3 Å². The molecule has 0 fully saturated rings. The largest absolute Gasteiger partial charge is 0.331 e. The fourth-order valence-corrected chi connectivity index (χ4v) is 1.87. The molecule has 0 aromatic carbocycles. The zero-order valence-electron chi connectivity index (χ0n) is 6.74. The molecule has 0 aromatic heterocycles. The van der Waals surface area contributed by atoms with Crippen LogP contribution in [0.3, 0.4) is 0 Å². The van der Waals surface area contributed by atoms with Crippen molar-refractivity contribution in [1.82, 2.24) is 0 Å². The highest BCUT2D eigenvalue weighted by molar-refractivity contribution is 7.59. The highest BCUT2D eigenvalue weighted by Crippen LogP contribution is 2.45. The molecule has 0 aliphatic rings. The molecule has 0 N–H and O–H groups in total. The van der Waals surface area contributed by atoms with Gasteiger partial charge in [-0.25, -0.2) is 8.78 Å². The van der Waals surface area contributed by atoms with Crippen molar-refractivity contribution in [1.29, 1.82) is 0 Å². The highest BCUT2D eigenvalue weighted by atomic mass is 31.2. The van der Waals surface area contributed by atoms with Gasteiger partial charge in [0.2, 0.25) is 7.37 Å². The molecule has 12 heavy (non-hydrogen) atoms. The summed E-state index contributed by atoms with van der Waals surface area (Å²) in [7, 11) is -1.62. The lowest BCUT2D eigenvalue weighted by Gasteiger charge is -2.10. The lowest BCUT2D eigenvalue weighted by atomic mass is 10.7. The lowest BCUT2D eigenvalue weighted by molar-refractivity contribution is 0.398. The Hall–Kier alpha value is -0.470. The average molecular weight is 196 g/mol. The molecule has 0 saturated carbocycles. The smallest absolute Gasteiger partial charge is 0.210 e. The van der Waals surface area contributed by atoms with E-state index in [-0.39, 0.29) is 12.3 Å². The van der Waals surface area contributed by atoms with Gasteiger partial charge in [-0.1, -0.05) is 0 Å². The molecule has 0 rings (SSSR count). The molecule has 0 aliphatic carbocycles. The molecule has 0 aliphatic heterocycles. The molecule has 0 bridgehead atoms. The van der Waals surface area contributed by atoms with Crippen LogP contribution in [-0.2, 0) is 9.09 Å². The Labute approximate surface area is 70.4 Å². The van der Waals surface area contributed by atoms with Crippen LogP contribution in [0.1, 0.15) is 0 Å². The van der Waals surface area contributed by atoms with Crippen molar-refractivity contribution in [2.24, 2.45) is 0 Å². The van der Waals surface area contributed by atoms with Crippen LogP contribution in [-0.4, -0.2) is 19.4 Å². The van der Waals surface area contributed by atoms with Gasteiger partial charge in [-0.05, 0) is 12.2 Å². The summed E-state index contributed by atoms with van der Waals surface area (Å²) in [6, 6.07) is 0. The Morgan fingerprint density at radius 3 is 1.92 bits per heavy atom. The van der Waals surface area contributed by atoms with Crippen LogP contribution >= 0.6 is 7.37 Å². The lowest BCUT2D eigenvalue weighted by Crippen LogP contribution is -1.92. The third-order valence-corrected chi connectivity index (χ3v) is 3.48. The first-order valence-electron chi connectivity index (χ1n) is 3.33. The van der Waals surface area contributed by atoms with Crippen LogP contribution in [0.2, 0.25) is 0 Å². The van der Waals surface area contributed by atoms with E-state index >= 15 is 0 Å². The van der Waals surface area contributed by atoms with Crippen molar-refractivity contribution in [3.63, 3.8) is 0 Å². The summed E-state index contributed by atoms with van der Waals surface area (Å²) in [5, 5.41) is 0. The van der Waals surface area contributed by atoms with Gasteiger partial charge in [-0.15, -0.1) is 0 Å². The molecule has 0 aromatic rings. The van der Waals surface area contributed by atoms with E-state index < -0.39 is 7.37 Å². The molecule has 0 spiro atoms. The summed E-state index contributed by atoms with van der Waals surface area (Å²) in [6.07, 6.45) is 2.76. The van der Waals surface area contributed by atoms with E-state index in [2.05, 4.69) is 4.52 Å². The summed E-state index contributed by atoms with van der Waals surface area (Å²) >= 11 is 0. The van der Waals surface area contributed by atoms with Gasteiger partial charge in [0.15, 0.2) is 0 Å². The molecular weight excluding hydrogens is 185 g/mol. The molecule has 0 saturated heterocycles. The maximum Gasteiger partial charge on any atom is 0.210 e. The molecule has 5 heteroatoms. The van der Waals surface area contributed by atoms with Gasteiger partial charge < -0.3 is 4.52 Å². The zero-order chi connectivity index (χ0) is 9.45. The van der Waals surface area contributed by atoms with E-state index in [1.54, 1.807) is 0 Å². The molecule has 0 radical (unpaired) electrons. The number of halogens is 2. The van der Waals surface area contributed by atoms with Crippen LogP contribution in [0.4, 0.5) is 8.78 Å². The zero-order valence-corrected chi connectivity index (χ0v) is 7.64. The molecule has 0 atom stereocenters. The number of hydrogen-bond donors (Lipinski definition) is 0. The monoisotopic (exact) mass is 196 g/mol. The van der Waals surface area contributed by atoms with Crippen molar-refractivity contribution in [2.75, 3.05) is 19.4 Å². The summed E-state index contributed by atoms with van der Waals surface area (Å²) in [6.45, 7) is 0. The standard InChI is InChI=1S/C7H11F2O2P/c1-11-12(10,6-2-4-8)7-3-5-9/h2-5H,6-7H2,1H3. The maximum atomic E-state index is 11.5. The van der Waals surface area contributed by atoms with E-state index in [4.69, 9.17) is 0 Å². The number of rotatable bonds is 5. The van der Waals surface area contributed by atoms with Gasteiger partial charge in [0.05, 0.1) is 12.7 Å². The van der Waals surface area contributed by atoms with Crippen molar-refractivity contribution < 1.29 is 17.9 Å². The van der Waals surface area contributed by atoms with Crippen molar-refractivity contribution in [2.45, 2.75) is 0 Å². The van der Waals surface area contributed by atoms with Crippen LogP contribution in [0.15, 0.2) is 24.8 Å². The molecule has 2 nitrogen and oxygen atoms in total. The van der Waals surface area contributed by atoms with Crippen LogP contribution in [0, 0.1) is 0 Å². The molecule has 0 unspecified atom stereocenters. The second-order valence-electron chi connectivity index (χ2n) is 2.09. The number of hydrogen-bond acceptors (Lipinski definition) is 2. The average Bonchev–Trinajstić information content (AvgIpc) is 2.11.